The molecule has 0 aromatic carbocycles. The van der Waals surface area contributed by atoms with E-state index in [4.69, 9.17) is 4.55 Å². The minimum Gasteiger partial charge on any atom is -0.371 e. The Kier molecular flexibility index (Phi) is 2.96. The molecule has 1 heterocycles. The van der Waals surface area contributed by atoms with Gasteiger partial charge in [-0.25, -0.2) is 0 Å². The van der Waals surface area contributed by atoms with Crippen molar-refractivity contribution >= 4 is 10.1 Å². The lowest BCUT2D eigenvalue weighted by molar-refractivity contribution is 0.119. The van der Waals surface area contributed by atoms with Crippen LogP contribution in [-0.2, 0) is 10.1 Å². The second-order valence-corrected chi connectivity index (χ2v) is 5.16. The molecule has 0 aromatic rings. The Bertz CT molecular complexity index is 276. The molecule has 1 aliphatic heterocycles. The lowest BCUT2D eigenvalue weighted by Gasteiger charge is -2.19. The van der Waals surface area contributed by atoms with Gasteiger partial charge in [0.05, 0.1) is 0 Å². The maximum absolute atomic E-state index is 10.8. The summed E-state index contributed by atoms with van der Waals surface area (Å²) in [5.41, 5.74) is 0. The van der Waals surface area contributed by atoms with Crippen LogP contribution in [0.1, 0.15) is 19.8 Å². The molecule has 1 rings (SSSR count). The third-order valence-electron chi connectivity index (χ3n) is 2.31. The quantitative estimate of drug-likeness (QED) is 0.623. The van der Waals surface area contributed by atoms with E-state index in [0.29, 0.717) is 6.54 Å². The fourth-order valence-corrected chi connectivity index (χ4v) is 2.25. The Morgan fingerprint density at radius 1 is 1.54 bits per heavy atom. The second-order valence-electron chi connectivity index (χ2n) is 3.45. The fraction of sp³-hybridized carbons (Fsp3) is 1.00. The van der Waals surface area contributed by atoms with E-state index in [1.54, 1.807) is 0 Å². The van der Waals surface area contributed by atoms with Gasteiger partial charge in [0.1, 0.15) is 0 Å². The molecule has 6 heteroatoms. The van der Waals surface area contributed by atoms with Crippen LogP contribution in [0.4, 0.5) is 0 Å². The van der Waals surface area contributed by atoms with Crippen molar-refractivity contribution in [3.05, 3.63) is 0 Å². The SMILES string of the molecule is CCCN1CCC(O)(S(=O)(=O)O)C1. The van der Waals surface area contributed by atoms with E-state index in [1.807, 2.05) is 11.8 Å². The molecule has 5 nitrogen and oxygen atoms in total. The first-order valence-electron chi connectivity index (χ1n) is 4.31. The molecule has 0 radical (unpaired) electrons. The van der Waals surface area contributed by atoms with Crippen molar-refractivity contribution in [3.63, 3.8) is 0 Å². The molecular formula is C7H15NO4S. The van der Waals surface area contributed by atoms with Gasteiger partial charge >= 0.3 is 0 Å². The summed E-state index contributed by atoms with van der Waals surface area (Å²) < 4.78 is 30.3. The number of nitrogens with zero attached hydrogens (tertiary/aromatic N) is 1. The second kappa shape index (κ2) is 3.53. The molecule has 1 fully saturated rings. The highest BCUT2D eigenvalue weighted by Gasteiger charge is 2.46. The first-order chi connectivity index (χ1) is 5.89. The highest BCUT2D eigenvalue weighted by Crippen LogP contribution is 2.25. The van der Waals surface area contributed by atoms with E-state index in [0.717, 1.165) is 13.0 Å². The average Bonchev–Trinajstić information content (AvgIpc) is 2.32. The van der Waals surface area contributed by atoms with E-state index in [2.05, 4.69) is 0 Å². The van der Waals surface area contributed by atoms with Gasteiger partial charge in [-0.15, -0.1) is 0 Å². The van der Waals surface area contributed by atoms with Crippen molar-refractivity contribution in [2.24, 2.45) is 0 Å². The lowest BCUT2D eigenvalue weighted by Crippen LogP contribution is -2.41. The van der Waals surface area contributed by atoms with Crippen LogP contribution in [0.25, 0.3) is 0 Å². The summed E-state index contributed by atoms with van der Waals surface area (Å²) in [5, 5.41) is 9.55. The molecule has 0 spiro atoms. The molecule has 13 heavy (non-hydrogen) atoms. The van der Waals surface area contributed by atoms with Gasteiger partial charge < -0.3 is 5.11 Å². The van der Waals surface area contributed by atoms with Crippen molar-refractivity contribution in [2.75, 3.05) is 19.6 Å². The Morgan fingerprint density at radius 2 is 2.15 bits per heavy atom. The maximum Gasteiger partial charge on any atom is 0.296 e. The van der Waals surface area contributed by atoms with Crippen LogP contribution < -0.4 is 0 Å². The highest BCUT2D eigenvalue weighted by atomic mass is 32.2. The van der Waals surface area contributed by atoms with Gasteiger partial charge in [0.15, 0.2) is 0 Å². The molecule has 78 valence electrons. The van der Waals surface area contributed by atoms with E-state index in [-0.39, 0.29) is 13.0 Å². The molecular weight excluding hydrogens is 194 g/mol. The maximum atomic E-state index is 10.8. The Labute approximate surface area is 78.1 Å². The van der Waals surface area contributed by atoms with Crippen molar-refractivity contribution in [1.29, 1.82) is 0 Å². The minimum absolute atomic E-state index is 0.0136. The Hall–Kier alpha value is -0.170. The number of likely N-dealkylation sites (tertiary alicyclic amines) is 1. The van der Waals surface area contributed by atoms with Gasteiger partial charge in [0.25, 0.3) is 10.1 Å². The summed E-state index contributed by atoms with van der Waals surface area (Å²) in [4.78, 5) is -0.115. The van der Waals surface area contributed by atoms with E-state index >= 15 is 0 Å². The zero-order chi connectivity index (χ0) is 10.1. The molecule has 0 bridgehead atoms. The number of hydrogen-bond acceptors (Lipinski definition) is 4. The van der Waals surface area contributed by atoms with Crippen molar-refractivity contribution in [2.45, 2.75) is 24.7 Å². The standard InChI is InChI=1S/C7H15NO4S/c1-2-4-8-5-3-7(9,6-8)13(10,11)12/h9H,2-6H2,1H3,(H,10,11,12). The van der Waals surface area contributed by atoms with Gasteiger partial charge in [-0.1, -0.05) is 6.92 Å². The largest absolute Gasteiger partial charge is 0.371 e. The van der Waals surface area contributed by atoms with Crippen molar-refractivity contribution < 1.29 is 18.1 Å². The molecule has 0 aliphatic carbocycles. The molecule has 0 saturated carbocycles. The topological polar surface area (TPSA) is 77.8 Å². The third-order valence-corrected chi connectivity index (χ3v) is 3.60. The van der Waals surface area contributed by atoms with Crippen molar-refractivity contribution in [1.82, 2.24) is 4.90 Å². The Morgan fingerprint density at radius 3 is 2.54 bits per heavy atom. The van der Waals surface area contributed by atoms with Gasteiger partial charge in [-0.05, 0) is 13.0 Å². The van der Waals surface area contributed by atoms with Gasteiger partial charge in [0, 0.05) is 19.5 Å². The summed E-state index contributed by atoms with van der Waals surface area (Å²) in [6.07, 6.45) is 0.993. The van der Waals surface area contributed by atoms with Crippen LogP contribution in [0, 0.1) is 0 Å². The van der Waals surface area contributed by atoms with Crippen LogP contribution >= 0.6 is 0 Å². The van der Waals surface area contributed by atoms with Crippen LogP contribution in [0.5, 0.6) is 0 Å². The van der Waals surface area contributed by atoms with Gasteiger partial charge in [0.2, 0.25) is 4.93 Å². The number of β-amino-alcohol motifs (C(OH)–C–C–N with tert-alkyl or cyclic N) is 1. The number of aliphatic hydroxyl groups is 1. The smallest absolute Gasteiger partial charge is 0.296 e. The highest BCUT2D eigenvalue weighted by molar-refractivity contribution is 7.87. The monoisotopic (exact) mass is 209 g/mol. The summed E-state index contributed by atoms with van der Waals surface area (Å²) >= 11 is 0. The summed E-state index contributed by atoms with van der Waals surface area (Å²) in [6, 6.07) is 0. The summed E-state index contributed by atoms with van der Waals surface area (Å²) in [6.45, 7) is 3.26. The molecule has 0 amide bonds. The first-order valence-corrected chi connectivity index (χ1v) is 5.75. The zero-order valence-corrected chi connectivity index (χ0v) is 8.42. The van der Waals surface area contributed by atoms with E-state index in [9.17, 15) is 13.5 Å². The van der Waals surface area contributed by atoms with Gasteiger partial charge in [-0.3, -0.25) is 9.45 Å². The summed E-state index contributed by atoms with van der Waals surface area (Å²) in [5.74, 6) is 0. The number of rotatable bonds is 3. The predicted octanol–water partition coefficient (Wildman–Crippen LogP) is -0.321. The van der Waals surface area contributed by atoms with Crippen LogP contribution in [-0.4, -0.2) is 47.5 Å². The fourth-order valence-electron chi connectivity index (χ4n) is 1.56. The van der Waals surface area contributed by atoms with E-state index in [1.165, 1.54) is 0 Å². The van der Waals surface area contributed by atoms with Crippen molar-refractivity contribution in [3.8, 4) is 0 Å². The predicted molar refractivity (Wildman–Crippen MR) is 47.8 cm³/mol. The van der Waals surface area contributed by atoms with Crippen LogP contribution in [0.3, 0.4) is 0 Å². The van der Waals surface area contributed by atoms with Crippen LogP contribution in [0.15, 0.2) is 0 Å². The van der Waals surface area contributed by atoms with E-state index < -0.39 is 15.1 Å². The summed E-state index contributed by atoms with van der Waals surface area (Å²) in [7, 11) is -4.34. The lowest BCUT2D eigenvalue weighted by atomic mass is 10.3. The molecule has 1 atom stereocenters. The minimum atomic E-state index is -4.34. The molecule has 1 saturated heterocycles. The zero-order valence-electron chi connectivity index (χ0n) is 7.60. The molecule has 1 unspecified atom stereocenters. The normalized spacial score (nSPS) is 31.0. The first kappa shape index (κ1) is 10.9. The molecule has 0 aromatic heterocycles. The molecule has 2 N–H and O–H groups in total. The van der Waals surface area contributed by atoms with Crippen LogP contribution in [0.2, 0.25) is 0 Å². The molecule has 1 aliphatic rings. The van der Waals surface area contributed by atoms with Gasteiger partial charge in [-0.2, -0.15) is 8.42 Å². The Balaban J connectivity index is 2.67. The third kappa shape index (κ3) is 2.19. The number of hydrogen-bond donors (Lipinski definition) is 2. The average molecular weight is 209 g/mol.